The lowest BCUT2D eigenvalue weighted by atomic mass is 9.81. The van der Waals surface area contributed by atoms with Crippen LogP contribution in [0.3, 0.4) is 0 Å². The first-order valence-corrected chi connectivity index (χ1v) is 6.68. The number of hydrogen-bond acceptors (Lipinski definition) is 2. The average molecular weight is 210 g/mol. The SMILES string of the molecule is CCCC(C)(CC)N1CCC2CNC2C1. The van der Waals surface area contributed by atoms with Crippen molar-refractivity contribution in [3.63, 3.8) is 0 Å². The Morgan fingerprint density at radius 2 is 2.20 bits per heavy atom. The third kappa shape index (κ3) is 2.07. The average Bonchev–Trinajstić information content (AvgIpc) is 2.20. The van der Waals surface area contributed by atoms with Crippen LogP contribution < -0.4 is 5.32 Å². The van der Waals surface area contributed by atoms with Crippen molar-refractivity contribution < 1.29 is 0 Å². The second kappa shape index (κ2) is 4.42. The van der Waals surface area contributed by atoms with E-state index < -0.39 is 0 Å². The Labute approximate surface area is 94.4 Å². The van der Waals surface area contributed by atoms with Gasteiger partial charge in [0.2, 0.25) is 0 Å². The fraction of sp³-hybridized carbons (Fsp3) is 1.00. The third-order valence-corrected chi connectivity index (χ3v) is 4.71. The van der Waals surface area contributed by atoms with Crippen molar-refractivity contribution in [2.45, 2.75) is 58.0 Å². The molecule has 0 aromatic rings. The predicted molar refractivity (Wildman–Crippen MR) is 65.1 cm³/mol. The number of hydrogen-bond donors (Lipinski definition) is 1. The maximum absolute atomic E-state index is 3.57. The summed E-state index contributed by atoms with van der Waals surface area (Å²) in [6.45, 7) is 11.0. The summed E-state index contributed by atoms with van der Waals surface area (Å²) in [6, 6.07) is 0.807. The van der Waals surface area contributed by atoms with Gasteiger partial charge in [0, 0.05) is 18.1 Å². The van der Waals surface area contributed by atoms with E-state index in [1.807, 2.05) is 0 Å². The topological polar surface area (TPSA) is 15.3 Å². The van der Waals surface area contributed by atoms with Gasteiger partial charge in [0.25, 0.3) is 0 Å². The van der Waals surface area contributed by atoms with Gasteiger partial charge in [0.1, 0.15) is 0 Å². The van der Waals surface area contributed by atoms with Gasteiger partial charge in [0.15, 0.2) is 0 Å². The summed E-state index contributed by atoms with van der Waals surface area (Å²) < 4.78 is 0. The Hall–Kier alpha value is -0.0800. The molecule has 2 saturated heterocycles. The molecule has 88 valence electrons. The Morgan fingerprint density at radius 3 is 2.67 bits per heavy atom. The molecule has 2 heteroatoms. The molecule has 0 spiro atoms. The fourth-order valence-electron chi connectivity index (χ4n) is 3.21. The van der Waals surface area contributed by atoms with Gasteiger partial charge >= 0.3 is 0 Å². The molecule has 0 aromatic carbocycles. The van der Waals surface area contributed by atoms with Gasteiger partial charge in [-0.05, 0) is 45.2 Å². The molecule has 3 unspecified atom stereocenters. The molecule has 3 atom stereocenters. The minimum absolute atomic E-state index is 0.455. The molecule has 2 fully saturated rings. The quantitative estimate of drug-likeness (QED) is 0.765. The van der Waals surface area contributed by atoms with Crippen LogP contribution in [0.15, 0.2) is 0 Å². The van der Waals surface area contributed by atoms with Crippen LogP contribution in [0.2, 0.25) is 0 Å². The smallest absolute Gasteiger partial charge is 0.0236 e. The first kappa shape index (κ1) is 11.4. The highest BCUT2D eigenvalue weighted by atomic mass is 15.2. The summed E-state index contributed by atoms with van der Waals surface area (Å²) >= 11 is 0. The van der Waals surface area contributed by atoms with Gasteiger partial charge in [-0.1, -0.05) is 20.3 Å². The summed E-state index contributed by atoms with van der Waals surface area (Å²) in [5, 5.41) is 3.57. The first-order valence-electron chi connectivity index (χ1n) is 6.68. The molecule has 0 radical (unpaired) electrons. The number of piperidine rings is 1. The van der Waals surface area contributed by atoms with E-state index in [-0.39, 0.29) is 0 Å². The van der Waals surface area contributed by atoms with E-state index in [1.165, 1.54) is 45.3 Å². The Bertz CT molecular complexity index is 217. The van der Waals surface area contributed by atoms with Crippen LogP contribution in [-0.4, -0.2) is 36.1 Å². The van der Waals surface area contributed by atoms with E-state index in [0.29, 0.717) is 5.54 Å². The van der Waals surface area contributed by atoms with Crippen molar-refractivity contribution in [3.8, 4) is 0 Å². The van der Waals surface area contributed by atoms with E-state index in [2.05, 4.69) is 31.0 Å². The molecular formula is C13H26N2. The van der Waals surface area contributed by atoms with E-state index in [4.69, 9.17) is 0 Å². The summed E-state index contributed by atoms with van der Waals surface area (Å²) in [5.74, 6) is 0.990. The van der Waals surface area contributed by atoms with Gasteiger partial charge in [-0.15, -0.1) is 0 Å². The Morgan fingerprint density at radius 1 is 1.40 bits per heavy atom. The van der Waals surface area contributed by atoms with Crippen LogP contribution in [0.4, 0.5) is 0 Å². The Balaban J connectivity index is 1.95. The van der Waals surface area contributed by atoms with Crippen LogP contribution in [0.25, 0.3) is 0 Å². The maximum atomic E-state index is 3.57. The van der Waals surface area contributed by atoms with Gasteiger partial charge in [-0.25, -0.2) is 0 Å². The highest BCUT2D eigenvalue weighted by Crippen LogP contribution is 2.32. The molecule has 0 aromatic heterocycles. The highest BCUT2D eigenvalue weighted by Gasteiger charge is 2.40. The molecule has 0 amide bonds. The standard InChI is InChI=1S/C13H26N2/c1-4-7-13(3,5-2)15-8-6-11-9-14-12(11)10-15/h11-12,14H,4-10H2,1-3H3. The molecule has 0 saturated carbocycles. The Kier molecular flexibility index (Phi) is 3.36. The predicted octanol–water partition coefficient (Wildman–Crippen LogP) is 2.25. The molecule has 0 bridgehead atoms. The summed E-state index contributed by atoms with van der Waals surface area (Å²) in [5.41, 5.74) is 0.455. The lowest BCUT2D eigenvalue weighted by Gasteiger charge is -2.52. The summed E-state index contributed by atoms with van der Waals surface area (Å²) in [7, 11) is 0. The lowest BCUT2D eigenvalue weighted by Crippen LogP contribution is -2.65. The summed E-state index contributed by atoms with van der Waals surface area (Å²) in [6.07, 6.45) is 5.36. The minimum Gasteiger partial charge on any atom is -0.312 e. The second-order valence-corrected chi connectivity index (χ2v) is 5.61. The van der Waals surface area contributed by atoms with Gasteiger partial charge in [0.05, 0.1) is 0 Å². The van der Waals surface area contributed by atoms with Crippen LogP contribution in [-0.2, 0) is 0 Å². The minimum atomic E-state index is 0.455. The first-order chi connectivity index (χ1) is 7.19. The summed E-state index contributed by atoms with van der Waals surface area (Å²) in [4.78, 5) is 2.74. The van der Waals surface area contributed by atoms with Gasteiger partial charge < -0.3 is 5.32 Å². The van der Waals surface area contributed by atoms with E-state index in [9.17, 15) is 0 Å². The maximum Gasteiger partial charge on any atom is 0.0236 e. The molecule has 2 nitrogen and oxygen atoms in total. The van der Waals surface area contributed by atoms with Gasteiger partial charge in [-0.2, -0.15) is 0 Å². The molecule has 15 heavy (non-hydrogen) atoms. The van der Waals surface area contributed by atoms with E-state index >= 15 is 0 Å². The molecule has 0 aliphatic carbocycles. The monoisotopic (exact) mass is 210 g/mol. The van der Waals surface area contributed by atoms with E-state index in [1.54, 1.807) is 0 Å². The number of likely N-dealkylation sites (tertiary alicyclic amines) is 1. The second-order valence-electron chi connectivity index (χ2n) is 5.61. The molecule has 2 aliphatic heterocycles. The van der Waals surface area contributed by atoms with Crippen molar-refractivity contribution >= 4 is 0 Å². The molecule has 2 heterocycles. The van der Waals surface area contributed by atoms with Gasteiger partial charge in [-0.3, -0.25) is 4.90 Å². The van der Waals surface area contributed by atoms with Crippen molar-refractivity contribution in [1.29, 1.82) is 0 Å². The molecule has 2 rings (SSSR count). The molecular weight excluding hydrogens is 184 g/mol. The van der Waals surface area contributed by atoms with Crippen LogP contribution >= 0.6 is 0 Å². The van der Waals surface area contributed by atoms with Crippen molar-refractivity contribution in [2.24, 2.45) is 5.92 Å². The van der Waals surface area contributed by atoms with Crippen LogP contribution in [0.5, 0.6) is 0 Å². The van der Waals surface area contributed by atoms with Crippen LogP contribution in [0, 0.1) is 5.92 Å². The van der Waals surface area contributed by atoms with Crippen LogP contribution in [0.1, 0.15) is 46.5 Å². The largest absolute Gasteiger partial charge is 0.312 e. The van der Waals surface area contributed by atoms with E-state index in [0.717, 1.165) is 12.0 Å². The zero-order chi connectivity index (χ0) is 10.9. The van der Waals surface area contributed by atoms with Crippen molar-refractivity contribution in [3.05, 3.63) is 0 Å². The number of rotatable bonds is 4. The third-order valence-electron chi connectivity index (χ3n) is 4.71. The van der Waals surface area contributed by atoms with Crippen molar-refractivity contribution in [2.75, 3.05) is 19.6 Å². The number of nitrogens with one attached hydrogen (secondary N) is 1. The molecule has 1 N–H and O–H groups in total. The zero-order valence-corrected chi connectivity index (χ0v) is 10.6. The van der Waals surface area contributed by atoms with Crippen molar-refractivity contribution in [1.82, 2.24) is 10.2 Å². The molecule has 2 aliphatic rings. The zero-order valence-electron chi connectivity index (χ0n) is 10.6. The normalized spacial score (nSPS) is 35.4. The fourth-order valence-corrected chi connectivity index (χ4v) is 3.21. The highest BCUT2D eigenvalue weighted by molar-refractivity contribution is 4.98. The number of fused-ring (bicyclic) bond motifs is 1. The number of nitrogens with zero attached hydrogens (tertiary/aromatic N) is 1. The lowest BCUT2D eigenvalue weighted by molar-refractivity contribution is 0.00570.